The molecule has 3 N–H and O–H groups in total. The van der Waals surface area contributed by atoms with Gasteiger partial charge in [0, 0.05) is 6.54 Å². The van der Waals surface area contributed by atoms with Gasteiger partial charge in [-0.3, -0.25) is 0 Å². The minimum atomic E-state index is -1.03. The van der Waals surface area contributed by atoms with Crippen molar-refractivity contribution in [3.63, 3.8) is 0 Å². The van der Waals surface area contributed by atoms with Crippen LogP contribution in [-0.2, 0) is 0 Å². The summed E-state index contributed by atoms with van der Waals surface area (Å²) in [6, 6.07) is 0. The van der Waals surface area contributed by atoms with E-state index in [2.05, 4.69) is 0 Å². The van der Waals surface area contributed by atoms with Gasteiger partial charge < -0.3 is 20.2 Å². The van der Waals surface area contributed by atoms with Gasteiger partial charge in [-0.05, 0) is 14.1 Å². The summed E-state index contributed by atoms with van der Waals surface area (Å²) in [5.74, 6) is 0. The second kappa shape index (κ2) is 4.62. The first kappa shape index (κ1) is 9.84. The van der Waals surface area contributed by atoms with Gasteiger partial charge in [0.05, 0.1) is 12.7 Å². The van der Waals surface area contributed by atoms with E-state index in [1.54, 1.807) is 19.0 Å². The van der Waals surface area contributed by atoms with Crippen LogP contribution in [0.4, 0.5) is 0 Å². The molecule has 0 fully saturated rings. The molecule has 0 heterocycles. The smallest absolute Gasteiger partial charge is 0.104 e. The number of nitrogens with zero attached hydrogens (tertiary/aromatic N) is 1. The molecule has 0 aromatic heterocycles. The molecule has 4 nitrogen and oxygen atoms in total. The van der Waals surface area contributed by atoms with Gasteiger partial charge in [-0.2, -0.15) is 0 Å². The van der Waals surface area contributed by atoms with Gasteiger partial charge in [-0.15, -0.1) is 0 Å². The summed E-state index contributed by atoms with van der Waals surface area (Å²) >= 11 is 0. The third-order valence-electron chi connectivity index (χ3n) is 1.18. The molecule has 10 heavy (non-hydrogen) atoms. The molecule has 0 aliphatic rings. The zero-order valence-corrected chi connectivity index (χ0v) is 6.36. The van der Waals surface area contributed by atoms with Crippen molar-refractivity contribution in [1.29, 1.82) is 0 Å². The van der Waals surface area contributed by atoms with Crippen molar-refractivity contribution in [3.05, 3.63) is 0 Å². The molecule has 0 amide bonds. The molecule has 2 atom stereocenters. The maximum atomic E-state index is 9.04. The van der Waals surface area contributed by atoms with Crippen LogP contribution in [0.15, 0.2) is 0 Å². The van der Waals surface area contributed by atoms with Gasteiger partial charge >= 0.3 is 0 Å². The molecular formula is C6H15NO3. The summed E-state index contributed by atoms with van der Waals surface area (Å²) in [5.41, 5.74) is 0. The SMILES string of the molecule is CN(C)CC(O)C(O)CO. The van der Waals surface area contributed by atoms with E-state index in [9.17, 15) is 0 Å². The van der Waals surface area contributed by atoms with Crippen LogP contribution < -0.4 is 0 Å². The zero-order valence-electron chi connectivity index (χ0n) is 6.36. The fraction of sp³-hybridized carbons (Fsp3) is 1.00. The molecule has 0 bridgehead atoms. The third-order valence-corrected chi connectivity index (χ3v) is 1.18. The largest absolute Gasteiger partial charge is 0.394 e. The van der Waals surface area contributed by atoms with Crippen LogP contribution in [0.3, 0.4) is 0 Å². The van der Waals surface area contributed by atoms with E-state index in [-0.39, 0.29) is 0 Å². The van der Waals surface area contributed by atoms with Crippen molar-refractivity contribution >= 4 is 0 Å². The van der Waals surface area contributed by atoms with E-state index in [0.29, 0.717) is 6.54 Å². The normalized spacial score (nSPS) is 17.4. The molecule has 62 valence electrons. The van der Waals surface area contributed by atoms with E-state index < -0.39 is 18.8 Å². The molecular weight excluding hydrogens is 134 g/mol. The first-order valence-corrected chi connectivity index (χ1v) is 3.19. The van der Waals surface area contributed by atoms with E-state index in [1.165, 1.54) is 0 Å². The van der Waals surface area contributed by atoms with Gasteiger partial charge in [-0.25, -0.2) is 0 Å². The van der Waals surface area contributed by atoms with E-state index >= 15 is 0 Å². The van der Waals surface area contributed by atoms with E-state index in [4.69, 9.17) is 15.3 Å². The highest BCUT2D eigenvalue weighted by Crippen LogP contribution is 1.92. The van der Waals surface area contributed by atoms with Crippen LogP contribution in [0.1, 0.15) is 0 Å². The van der Waals surface area contributed by atoms with E-state index in [0.717, 1.165) is 0 Å². The minimum absolute atomic E-state index is 0.363. The Morgan fingerprint density at radius 3 is 2.00 bits per heavy atom. The van der Waals surface area contributed by atoms with Crippen LogP contribution in [0.5, 0.6) is 0 Å². The molecule has 0 aromatic rings. The van der Waals surface area contributed by atoms with E-state index in [1.807, 2.05) is 0 Å². The van der Waals surface area contributed by atoms with Crippen molar-refractivity contribution < 1.29 is 15.3 Å². The summed E-state index contributed by atoms with van der Waals surface area (Å²) in [5, 5.41) is 26.3. The summed E-state index contributed by atoms with van der Waals surface area (Å²) in [6.07, 6.45) is -1.89. The first-order valence-electron chi connectivity index (χ1n) is 3.19. The number of rotatable bonds is 4. The number of aliphatic hydroxyl groups is 3. The first-order chi connectivity index (χ1) is 4.57. The summed E-state index contributed by atoms with van der Waals surface area (Å²) in [7, 11) is 3.57. The third kappa shape index (κ3) is 3.79. The average Bonchev–Trinajstić information content (AvgIpc) is 1.85. The Bertz CT molecular complexity index is 87.1. The molecule has 4 heteroatoms. The Hall–Kier alpha value is -0.160. The van der Waals surface area contributed by atoms with Crippen molar-refractivity contribution in [2.24, 2.45) is 0 Å². The molecule has 0 radical (unpaired) electrons. The minimum Gasteiger partial charge on any atom is -0.394 e. The summed E-state index contributed by atoms with van der Waals surface area (Å²) in [4.78, 5) is 1.74. The number of likely N-dealkylation sites (N-methyl/N-ethyl adjacent to an activating group) is 1. The monoisotopic (exact) mass is 149 g/mol. The highest BCUT2D eigenvalue weighted by Gasteiger charge is 2.14. The van der Waals surface area contributed by atoms with Crippen LogP contribution in [0.25, 0.3) is 0 Å². The Labute approximate surface area is 60.7 Å². The molecule has 0 aliphatic carbocycles. The Morgan fingerprint density at radius 2 is 1.70 bits per heavy atom. The fourth-order valence-electron chi connectivity index (χ4n) is 0.617. The van der Waals surface area contributed by atoms with Crippen molar-refractivity contribution in [3.8, 4) is 0 Å². The number of aliphatic hydroxyl groups excluding tert-OH is 3. The maximum absolute atomic E-state index is 9.04. The molecule has 0 saturated heterocycles. The van der Waals surface area contributed by atoms with Crippen LogP contribution in [0, 0.1) is 0 Å². The lowest BCUT2D eigenvalue weighted by atomic mass is 10.2. The predicted octanol–water partition coefficient (Wildman–Crippen LogP) is -1.74. The molecule has 0 saturated carbocycles. The van der Waals surface area contributed by atoms with Crippen molar-refractivity contribution in [2.75, 3.05) is 27.2 Å². The quantitative estimate of drug-likeness (QED) is 0.444. The summed E-state index contributed by atoms with van der Waals surface area (Å²) in [6.45, 7) is -0.0310. The van der Waals surface area contributed by atoms with Gasteiger partial charge in [0.2, 0.25) is 0 Å². The molecule has 0 spiro atoms. The highest BCUT2D eigenvalue weighted by molar-refractivity contribution is 4.67. The number of hydrogen-bond acceptors (Lipinski definition) is 4. The molecule has 2 unspecified atom stereocenters. The lowest BCUT2D eigenvalue weighted by Crippen LogP contribution is -2.37. The van der Waals surface area contributed by atoms with Crippen LogP contribution >= 0.6 is 0 Å². The standard InChI is InChI=1S/C6H15NO3/c1-7(2)3-5(9)6(10)4-8/h5-6,8-10H,3-4H2,1-2H3. The highest BCUT2D eigenvalue weighted by atomic mass is 16.4. The predicted molar refractivity (Wildman–Crippen MR) is 37.7 cm³/mol. The topological polar surface area (TPSA) is 63.9 Å². The summed E-state index contributed by atoms with van der Waals surface area (Å²) < 4.78 is 0. The van der Waals surface area contributed by atoms with Gasteiger partial charge in [-0.1, -0.05) is 0 Å². The molecule has 0 aromatic carbocycles. The van der Waals surface area contributed by atoms with Gasteiger partial charge in [0.25, 0.3) is 0 Å². The molecule has 0 rings (SSSR count). The maximum Gasteiger partial charge on any atom is 0.104 e. The Morgan fingerprint density at radius 1 is 1.20 bits per heavy atom. The molecule has 0 aliphatic heterocycles. The second-order valence-electron chi connectivity index (χ2n) is 2.58. The average molecular weight is 149 g/mol. The Kier molecular flexibility index (Phi) is 4.55. The van der Waals surface area contributed by atoms with Gasteiger partial charge in [0.1, 0.15) is 6.10 Å². The lowest BCUT2D eigenvalue weighted by Gasteiger charge is -2.19. The van der Waals surface area contributed by atoms with Crippen molar-refractivity contribution in [1.82, 2.24) is 4.90 Å². The van der Waals surface area contributed by atoms with Crippen molar-refractivity contribution in [2.45, 2.75) is 12.2 Å². The zero-order chi connectivity index (χ0) is 8.15. The second-order valence-corrected chi connectivity index (χ2v) is 2.58. The fourth-order valence-corrected chi connectivity index (χ4v) is 0.617. The van der Waals surface area contributed by atoms with Crippen LogP contribution in [0.2, 0.25) is 0 Å². The van der Waals surface area contributed by atoms with Crippen LogP contribution in [-0.4, -0.2) is 59.7 Å². The van der Waals surface area contributed by atoms with Gasteiger partial charge in [0.15, 0.2) is 0 Å². The Balaban J connectivity index is 3.50. The lowest BCUT2D eigenvalue weighted by molar-refractivity contribution is -0.0238. The number of hydrogen-bond donors (Lipinski definition) is 3.